The number of hydrogen-bond acceptors (Lipinski definition) is 4. The number of rotatable bonds is 3. The van der Waals surface area contributed by atoms with Crippen molar-refractivity contribution in [2.24, 2.45) is 0 Å². The molecule has 1 fully saturated rings. The van der Waals surface area contributed by atoms with Gasteiger partial charge in [0.05, 0.1) is 6.04 Å². The van der Waals surface area contributed by atoms with Crippen molar-refractivity contribution in [1.82, 2.24) is 14.8 Å². The van der Waals surface area contributed by atoms with Crippen molar-refractivity contribution in [3.63, 3.8) is 0 Å². The second-order valence-corrected chi connectivity index (χ2v) is 7.79. The Bertz CT molecular complexity index is 1100. The molecule has 2 atom stereocenters. The summed E-state index contributed by atoms with van der Waals surface area (Å²) in [7, 11) is 0. The molecule has 30 heavy (non-hydrogen) atoms. The largest absolute Gasteiger partial charge is 0.503 e. The summed E-state index contributed by atoms with van der Waals surface area (Å²) in [6.45, 7) is 2.11. The van der Waals surface area contributed by atoms with Crippen LogP contribution in [0.4, 0.5) is 8.78 Å². The first-order chi connectivity index (χ1) is 14.3. The molecular formula is C21H21F2N3O4. The van der Waals surface area contributed by atoms with Crippen molar-refractivity contribution in [3.8, 4) is 5.75 Å². The van der Waals surface area contributed by atoms with Crippen molar-refractivity contribution in [2.75, 3.05) is 6.54 Å². The zero-order chi connectivity index (χ0) is 21.6. The van der Waals surface area contributed by atoms with Crippen molar-refractivity contribution in [1.29, 1.82) is 0 Å². The highest BCUT2D eigenvalue weighted by molar-refractivity contribution is 5.99. The van der Waals surface area contributed by atoms with Crippen LogP contribution in [0.5, 0.6) is 5.75 Å². The second kappa shape index (κ2) is 7.55. The number of halogens is 2. The Hall–Kier alpha value is -3.23. The maximum Gasteiger partial charge on any atom is 0.274 e. The van der Waals surface area contributed by atoms with E-state index in [9.17, 15) is 28.3 Å². The van der Waals surface area contributed by atoms with Crippen LogP contribution in [0.1, 0.15) is 58.6 Å². The standard InChI is InChI=1S/C21H21F2N3O4/c1-11-3-2-4-14-9-25(11)21(30)17-19(28)18(27)15(10-26(14)17)20(29)24-8-12-5-6-13(22)7-16(12)23/h5-7,10-11,14,28H,2-4,8-9H2,1H3,(H,24,29)/t11-,14+/m1/s1. The van der Waals surface area contributed by atoms with Gasteiger partial charge in [0, 0.05) is 37.0 Å². The number of pyridine rings is 1. The first kappa shape index (κ1) is 20.1. The van der Waals surface area contributed by atoms with E-state index in [-0.39, 0.29) is 35.4 Å². The van der Waals surface area contributed by atoms with Gasteiger partial charge in [-0.05, 0) is 32.3 Å². The molecule has 0 radical (unpaired) electrons. The molecule has 1 aromatic carbocycles. The van der Waals surface area contributed by atoms with Gasteiger partial charge in [0.1, 0.15) is 17.2 Å². The van der Waals surface area contributed by atoms with Crippen LogP contribution in [0.15, 0.2) is 29.2 Å². The summed E-state index contributed by atoms with van der Waals surface area (Å²) in [5, 5.41) is 12.9. The van der Waals surface area contributed by atoms with Crippen LogP contribution in [-0.4, -0.2) is 39.0 Å². The molecule has 9 heteroatoms. The maximum atomic E-state index is 13.8. The monoisotopic (exact) mass is 417 g/mol. The molecular weight excluding hydrogens is 396 g/mol. The molecule has 2 amide bonds. The number of carbonyl (C=O) groups is 2. The Balaban J connectivity index is 1.66. The number of hydrogen-bond donors (Lipinski definition) is 2. The zero-order valence-electron chi connectivity index (χ0n) is 16.3. The molecule has 2 aromatic rings. The zero-order valence-corrected chi connectivity index (χ0v) is 16.3. The minimum Gasteiger partial charge on any atom is -0.503 e. The number of carbonyl (C=O) groups excluding carboxylic acids is 2. The summed E-state index contributed by atoms with van der Waals surface area (Å²) in [5.74, 6) is -3.57. The Labute approximate surface area is 170 Å². The van der Waals surface area contributed by atoms with E-state index < -0.39 is 34.6 Å². The number of aromatic hydroxyl groups is 1. The molecule has 1 saturated heterocycles. The van der Waals surface area contributed by atoms with E-state index in [0.717, 1.165) is 25.3 Å². The lowest BCUT2D eigenvalue weighted by Gasteiger charge is -2.37. The van der Waals surface area contributed by atoms with Crippen molar-refractivity contribution < 1.29 is 23.5 Å². The first-order valence-corrected chi connectivity index (χ1v) is 9.79. The number of amides is 2. The Morgan fingerprint density at radius 2 is 2.03 bits per heavy atom. The molecule has 0 saturated carbocycles. The smallest absolute Gasteiger partial charge is 0.274 e. The van der Waals surface area contributed by atoms with Gasteiger partial charge in [0.2, 0.25) is 5.43 Å². The average Bonchev–Trinajstić information content (AvgIpc) is 2.87. The summed E-state index contributed by atoms with van der Waals surface area (Å²) in [4.78, 5) is 39.7. The fourth-order valence-electron chi connectivity index (χ4n) is 4.17. The van der Waals surface area contributed by atoms with Gasteiger partial charge in [-0.25, -0.2) is 8.78 Å². The summed E-state index contributed by atoms with van der Waals surface area (Å²) in [6, 6.07) is 2.80. The van der Waals surface area contributed by atoms with Crippen LogP contribution in [-0.2, 0) is 6.54 Å². The van der Waals surface area contributed by atoms with Crippen LogP contribution in [0.3, 0.4) is 0 Å². The molecule has 2 aliphatic rings. The SMILES string of the molecule is C[C@@H]1CCC[C@H]2CN1C(=O)c1c(O)c(=O)c(C(=O)NCc3ccc(F)cc3F)cn12. The van der Waals surface area contributed by atoms with E-state index in [4.69, 9.17) is 0 Å². The quantitative estimate of drug-likeness (QED) is 0.802. The van der Waals surface area contributed by atoms with Gasteiger partial charge < -0.3 is 19.9 Å². The highest BCUT2D eigenvalue weighted by Gasteiger charge is 2.38. The lowest BCUT2D eigenvalue weighted by Crippen LogP contribution is -2.47. The molecule has 1 aromatic heterocycles. The maximum absolute atomic E-state index is 13.8. The van der Waals surface area contributed by atoms with Gasteiger partial charge in [-0.3, -0.25) is 14.4 Å². The predicted molar refractivity (Wildman–Crippen MR) is 103 cm³/mol. The number of nitrogens with one attached hydrogen (secondary N) is 1. The molecule has 158 valence electrons. The molecule has 2 aliphatic heterocycles. The van der Waals surface area contributed by atoms with Crippen LogP contribution in [0.2, 0.25) is 0 Å². The molecule has 0 unspecified atom stereocenters. The number of fused-ring (bicyclic) bond motifs is 4. The summed E-state index contributed by atoms with van der Waals surface area (Å²) in [5.41, 5.74) is -1.35. The fraction of sp³-hybridized carbons (Fsp3) is 0.381. The number of benzene rings is 1. The highest BCUT2D eigenvalue weighted by Crippen LogP contribution is 2.34. The van der Waals surface area contributed by atoms with Crippen molar-refractivity contribution >= 4 is 11.8 Å². The van der Waals surface area contributed by atoms with Gasteiger partial charge in [-0.15, -0.1) is 0 Å². The second-order valence-electron chi connectivity index (χ2n) is 7.79. The Morgan fingerprint density at radius 3 is 2.77 bits per heavy atom. The lowest BCUT2D eigenvalue weighted by atomic mass is 10.1. The third kappa shape index (κ3) is 3.34. The van der Waals surface area contributed by atoms with Gasteiger partial charge in [-0.2, -0.15) is 0 Å². The van der Waals surface area contributed by atoms with E-state index in [1.165, 1.54) is 16.8 Å². The molecule has 0 spiro atoms. The predicted octanol–water partition coefficient (Wildman–Crippen LogP) is 2.33. The van der Waals surface area contributed by atoms with E-state index in [2.05, 4.69) is 5.32 Å². The fourth-order valence-corrected chi connectivity index (χ4v) is 4.17. The normalized spacial score (nSPS) is 20.5. The third-order valence-corrected chi connectivity index (χ3v) is 5.87. The molecule has 2 bridgehead atoms. The van der Waals surface area contributed by atoms with Crippen LogP contribution in [0.25, 0.3) is 0 Å². The Kier molecular flexibility index (Phi) is 5.05. The van der Waals surface area contributed by atoms with E-state index in [1.54, 1.807) is 4.90 Å². The van der Waals surface area contributed by atoms with Crippen LogP contribution in [0, 0.1) is 11.6 Å². The van der Waals surface area contributed by atoms with Crippen molar-refractivity contribution in [2.45, 2.75) is 44.8 Å². The molecule has 4 rings (SSSR count). The highest BCUT2D eigenvalue weighted by atomic mass is 19.1. The van der Waals surface area contributed by atoms with Crippen molar-refractivity contribution in [3.05, 3.63) is 63.1 Å². The van der Waals surface area contributed by atoms with Gasteiger partial charge in [0.15, 0.2) is 11.4 Å². The summed E-state index contributed by atoms with van der Waals surface area (Å²) < 4.78 is 28.3. The summed E-state index contributed by atoms with van der Waals surface area (Å²) >= 11 is 0. The molecule has 0 aliphatic carbocycles. The van der Waals surface area contributed by atoms with E-state index >= 15 is 0 Å². The summed E-state index contributed by atoms with van der Waals surface area (Å²) in [6.07, 6.45) is 3.72. The lowest BCUT2D eigenvalue weighted by molar-refractivity contribution is 0.0604. The minimum atomic E-state index is -0.959. The van der Waals surface area contributed by atoms with Crippen LogP contribution >= 0.6 is 0 Å². The number of nitrogens with zero attached hydrogens (tertiary/aromatic N) is 2. The van der Waals surface area contributed by atoms with Crippen LogP contribution < -0.4 is 10.7 Å². The van der Waals surface area contributed by atoms with Gasteiger partial charge in [-0.1, -0.05) is 6.07 Å². The Morgan fingerprint density at radius 1 is 1.27 bits per heavy atom. The van der Waals surface area contributed by atoms with Gasteiger partial charge >= 0.3 is 0 Å². The molecule has 3 heterocycles. The first-order valence-electron chi connectivity index (χ1n) is 9.79. The van der Waals surface area contributed by atoms with Gasteiger partial charge in [0.25, 0.3) is 11.8 Å². The minimum absolute atomic E-state index is 0.000618. The molecule has 7 nitrogen and oxygen atoms in total. The third-order valence-electron chi connectivity index (χ3n) is 5.87. The van der Waals surface area contributed by atoms with E-state index in [0.29, 0.717) is 12.6 Å². The topological polar surface area (TPSA) is 91.6 Å². The van der Waals surface area contributed by atoms with E-state index in [1.807, 2.05) is 6.92 Å². The molecule has 2 N–H and O–H groups in total. The number of aromatic nitrogens is 1. The average molecular weight is 417 g/mol.